The maximum atomic E-state index is 5.67. The highest BCUT2D eigenvalue weighted by atomic mass is 16.5. The Balaban J connectivity index is 1.83. The lowest BCUT2D eigenvalue weighted by molar-refractivity contribution is 0.218. The molecule has 0 bridgehead atoms. The molecular formula is C26H32N2O3. The second-order valence-electron chi connectivity index (χ2n) is 8.24. The van der Waals surface area contributed by atoms with Crippen LogP contribution in [-0.2, 0) is 13.1 Å². The summed E-state index contributed by atoms with van der Waals surface area (Å²) in [5, 5.41) is 0. The van der Waals surface area contributed by atoms with E-state index >= 15 is 0 Å². The second-order valence-corrected chi connectivity index (χ2v) is 8.24. The van der Waals surface area contributed by atoms with E-state index in [0.717, 1.165) is 31.6 Å². The summed E-state index contributed by atoms with van der Waals surface area (Å²) >= 11 is 0. The Morgan fingerprint density at radius 3 is 2.32 bits per heavy atom. The van der Waals surface area contributed by atoms with Crippen LogP contribution in [0, 0.1) is 13.8 Å². The van der Waals surface area contributed by atoms with E-state index in [4.69, 9.17) is 14.2 Å². The van der Waals surface area contributed by atoms with Gasteiger partial charge in [0.1, 0.15) is 0 Å². The van der Waals surface area contributed by atoms with Gasteiger partial charge < -0.3 is 18.8 Å². The van der Waals surface area contributed by atoms with Crippen molar-refractivity contribution in [3.05, 3.63) is 76.6 Å². The van der Waals surface area contributed by atoms with E-state index in [1.807, 2.05) is 0 Å². The number of aromatic nitrogens is 1. The fraction of sp³-hybridized carbons (Fsp3) is 0.385. The van der Waals surface area contributed by atoms with Crippen LogP contribution in [0.5, 0.6) is 17.2 Å². The number of rotatable bonds is 6. The van der Waals surface area contributed by atoms with Gasteiger partial charge in [0.15, 0.2) is 11.5 Å². The van der Waals surface area contributed by atoms with Gasteiger partial charge in [0.05, 0.1) is 27.4 Å². The molecule has 1 atom stereocenters. The van der Waals surface area contributed by atoms with Gasteiger partial charge in [0, 0.05) is 31.5 Å². The van der Waals surface area contributed by atoms with Gasteiger partial charge in [-0.25, -0.2) is 0 Å². The zero-order valence-corrected chi connectivity index (χ0v) is 19.1. The van der Waals surface area contributed by atoms with Crippen LogP contribution in [0.1, 0.15) is 40.4 Å². The summed E-state index contributed by atoms with van der Waals surface area (Å²) in [6.07, 6.45) is 3.29. The molecule has 1 aromatic heterocycles. The summed E-state index contributed by atoms with van der Waals surface area (Å²) in [4.78, 5) is 2.57. The van der Waals surface area contributed by atoms with E-state index in [2.05, 4.69) is 72.0 Å². The lowest BCUT2D eigenvalue weighted by Crippen LogP contribution is -2.30. The molecule has 0 spiro atoms. The van der Waals surface area contributed by atoms with Crippen LogP contribution in [-0.4, -0.2) is 37.3 Å². The highest BCUT2D eigenvalue weighted by Crippen LogP contribution is 2.43. The molecule has 3 aromatic rings. The van der Waals surface area contributed by atoms with E-state index in [1.54, 1.807) is 21.3 Å². The fourth-order valence-electron chi connectivity index (χ4n) is 4.64. The van der Waals surface area contributed by atoms with Crippen molar-refractivity contribution in [2.24, 2.45) is 0 Å². The number of fused-ring (bicyclic) bond motifs is 1. The summed E-state index contributed by atoms with van der Waals surface area (Å²) in [6.45, 7) is 7.28. The molecular weight excluding hydrogens is 388 g/mol. The molecule has 0 N–H and O–H groups in total. The quantitative estimate of drug-likeness (QED) is 0.554. The zero-order valence-electron chi connectivity index (χ0n) is 19.1. The number of hydrogen-bond acceptors (Lipinski definition) is 4. The Hall–Kier alpha value is -2.92. The monoisotopic (exact) mass is 420 g/mol. The van der Waals surface area contributed by atoms with Crippen molar-refractivity contribution in [2.45, 2.75) is 39.4 Å². The number of nitrogens with zero attached hydrogens (tertiary/aromatic N) is 2. The average molecular weight is 421 g/mol. The molecule has 2 heterocycles. The third kappa shape index (κ3) is 4.15. The Bertz CT molecular complexity index is 1030. The lowest BCUT2D eigenvalue weighted by atomic mass is 9.98. The summed E-state index contributed by atoms with van der Waals surface area (Å²) in [6, 6.07) is 15.4. The molecule has 5 heteroatoms. The molecule has 0 fully saturated rings. The molecule has 1 aliphatic heterocycles. The Kier molecular flexibility index (Phi) is 6.23. The zero-order chi connectivity index (χ0) is 22.0. The van der Waals surface area contributed by atoms with Crippen LogP contribution < -0.4 is 14.2 Å². The van der Waals surface area contributed by atoms with Gasteiger partial charge in [0.25, 0.3) is 0 Å². The molecule has 1 unspecified atom stereocenters. The third-order valence-electron chi connectivity index (χ3n) is 6.24. The van der Waals surface area contributed by atoms with Gasteiger partial charge in [-0.05, 0) is 61.2 Å². The number of hydrogen-bond donors (Lipinski definition) is 0. The molecule has 5 nitrogen and oxygen atoms in total. The summed E-state index contributed by atoms with van der Waals surface area (Å²) in [7, 11) is 4.99. The SMILES string of the molecule is COc1cc(C2c3cccn3CCCN2Cc2cc(C)ccc2C)cc(OC)c1OC. The minimum absolute atomic E-state index is 0.0890. The van der Waals surface area contributed by atoms with E-state index in [9.17, 15) is 0 Å². The lowest BCUT2D eigenvalue weighted by Gasteiger charge is -2.32. The molecule has 31 heavy (non-hydrogen) atoms. The van der Waals surface area contributed by atoms with Crippen molar-refractivity contribution in [2.75, 3.05) is 27.9 Å². The molecule has 0 amide bonds. The smallest absolute Gasteiger partial charge is 0.203 e. The molecule has 0 aliphatic carbocycles. The van der Waals surface area contributed by atoms with Crippen LogP contribution in [0.15, 0.2) is 48.7 Å². The number of ether oxygens (including phenoxy) is 3. The molecule has 4 rings (SSSR count). The largest absolute Gasteiger partial charge is 0.493 e. The van der Waals surface area contributed by atoms with Gasteiger partial charge in [-0.3, -0.25) is 4.90 Å². The molecule has 0 saturated carbocycles. The normalized spacial score (nSPS) is 16.5. The maximum absolute atomic E-state index is 5.67. The number of methoxy groups -OCH3 is 3. The third-order valence-corrected chi connectivity index (χ3v) is 6.24. The highest BCUT2D eigenvalue weighted by molar-refractivity contribution is 5.55. The predicted molar refractivity (Wildman–Crippen MR) is 123 cm³/mol. The van der Waals surface area contributed by atoms with Crippen molar-refractivity contribution in [1.29, 1.82) is 0 Å². The molecule has 0 saturated heterocycles. The molecule has 2 aromatic carbocycles. The Morgan fingerprint density at radius 2 is 1.65 bits per heavy atom. The fourth-order valence-corrected chi connectivity index (χ4v) is 4.64. The predicted octanol–water partition coefficient (Wildman–Crippen LogP) is 5.13. The van der Waals surface area contributed by atoms with E-state index in [1.165, 1.54) is 22.4 Å². The summed E-state index contributed by atoms with van der Waals surface area (Å²) in [5.74, 6) is 2.00. The first-order chi connectivity index (χ1) is 15.0. The standard InChI is InChI=1S/C26H32N2O3/c1-18-9-10-19(2)21(14-18)17-28-13-7-12-27-11-6-8-22(27)25(28)20-15-23(29-3)26(31-5)24(16-20)30-4/h6,8-11,14-16,25H,7,12-13,17H2,1-5H3. The Labute approximate surface area is 185 Å². The Morgan fingerprint density at radius 1 is 0.903 bits per heavy atom. The van der Waals surface area contributed by atoms with Crippen LogP contribution >= 0.6 is 0 Å². The van der Waals surface area contributed by atoms with Crippen LogP contribution in [0.25, 0.3) is 0 Å². The van der Waals surface area contributed by atoms with Gasteiger partial charge in [-0.2, -0.15) is 0 Å². The van der Waals surface area contributed by atoms with Crippen LogP contribution in [0.3, 0.4) is 0 Å². The van der Waals surface area contributed by atoms with Gasteiger partial charge >= 0.3 is 0 Å². The van der Waals surface area contributed by atoms with E-state index in [0.29, 0.717) is 17.2 Å². The minimum Gasteiger partial charge on any atom is -0.493 e. The summed E-state index contributed by atoms with van der Waals surface area (Å²) in [5.41, 5.74) is 6.42. The first-order valence-electron chi connectivity index (χ1n) is 10.8. The molecule has 1 aliphatic rings. The molecule has 0 radical (unpaired) electrons. The van der Waals surface area contributed by atoms with Gasteiger partial charge in [-0.15, -0.1) is 0 Å². The molecule has 164 valence electrons. The van der Waals surface area contributed by atoms with E-state index in [-0.39, 0.29) is 6.04 Å². The highest BCUT2D eigenvalue weighted by Gasteiger charge is 2.29. The van der Waals surface area contributed by atoms with Gasteiger partial charge in [0.2, 0.25) is 5.75 Å². The van der Waals surface area contributed by atoms with Crippen LogP contribution in [0.2, 0.25) is 0 Å². The van der Waals surface area contributed by atoms with Crippen molar-refractivity contribution in [1.82, 2.24) is 9.47 Å². The van der Waals surface area contributed by atoms with Crippen LogP contribution in [0.4, 0.5) is 0 Å². The second kappa shape index (κ2) is 9.06. The number of benzene rings is 2. The van der Waals surface area contributed by atoms with E-state index < -0.39 is 0 Å². The first kappa shape index (κ1) is 21.3. The van der Waals surface area contributed by atoms with Crippen molar-refractivity contribution >= 4 is 0 Å². The first-order valence-corrected chi connectivity index (χ1v) is 10.8. The van der Waals surface area contributed by atoms with Crippen molar-refractivity contribution < 1.29 is 14.2 Å². The topological polar surface area (TPSA) is 35.9 Å². The van der Waals surface area contributed by atoms with Crippen molar-refractivity contribution in [3.63, 3.8) is 0 Å². The number of aryl methyl sites for hydroxylation is 3. The average Bonchev–Trinajstić information content (AvgIpc) is 3.16. The minimum atomic E-state index is 0.0890. The maximum Gasteiger partial charge on any atom is 0.203 e. The summed E-state index contributed by atoms with van der Waals surface area (Å²) < 4.78 is 19.3. The van der Waals surface area contributed by atoms with Crippen molar-refractivity contribution in [3.8, 4) is 17.2 Å². The van der Waals surface area contributed by atoms with Gasteiger partial charge in [-0.1, -0.05) is 23.8 Å².